The zero-order valence-electron chi connectivity index (χ0n) is 7.15. The van der Waals surface area contributed by atoms with Crippen LogP contribution in [-0.2, 0) is 0 Å². The van der Waals surface area contributed by atoms with E-state index >= 15 is 0 Å². The molecule has 0 unspecified atom stereocenters. The molecule has 0 fully saturated rings. The number of urea groups is 1. The average molecular weight is 166 g/mol. The molecule has 2 amide bonds. The van der Waals surface area contributed by atoms with Crippen LogP contribution in [0.3, 0.4) is 0 Å². The Hall–Kier alpha value is -1.17. The van der Waals surface area contributed by atoms with Crippen molar-refractivity contribution in [2.75, 3.05) is 6.54 Å². The first-order valence-electron chi connectivity index (χ1n) is 4.41. The van der Waals surface area contributed by atoms with E-state index in [0.717, 1.165) is 25.8 Å². The molecule has 3 heteroatoms. The molecule has 0 aromatic rings. The molecule has 0 aromatic heterocycles. The maximum atomic E-state index is 10.9. The van der Waals surface area contributed by atoms with Gasteiger partial charge < -0.3 is 5.32 Å². The lowest BCUT2D eigenvalue weighted by atomic mass is 10.1. The van der Waals surface area contributed by atoms with Crippen LogP contribution in [0.15, 0.2) is 0 Å². The number of carbonyl (C=O) groups is 1. The molecule has 0 bridgehead atoms. The highest BCUT2D eigenvalue weighted by molar-refractivity contribution is 5.75. The minimum atomic E-state index is -0.176. The molecule has 2 N–H and O–H groups in total. The van der Waals surface area contributed by atoms with E-state index in [9.17, 15) is 4.79 Å². The number of amides is 2. The Morgan fingerprint density at radius 3 is 2.92 bits per heavy atom. The largest absolute Gasteiger partial charge is 0.337 e. The Morgan fingerprint density at radius 2 is 2.00 bits per heavy atom. The van der Waals surface area contributed by atoms with Gasteiger partial charge in [0.15, 0.2) is 0 Å². The first-order chi connectivity index (χ1) is 5.89. The van der Waals surface area contributed by atoms with Crippen molar-refractivity contribution in [1.82, 2.24) is 10.6 Å². The van der Waals surface area contributed by atoms with Gasteiger partial charge in [-0.1, -0.05) is 18.8 Å². The van der Waals surface area contributed by atoms with Gasteiger partial charge in [0.05, 0.1) is 0 Å². The number of hydrogen-bond acceptors (Lipinski definition) is 1. The quantitative estimate of drug-likeness (QED) is 0.522. The highest BCUT2D eigenvalue weighted by atomic mass is 16.2. The van der Waals surface area contributed by atoms with Gasteiger partial charge in [-0.15, -0.1) is 0 Å². The topological polar surface area (TPSA) is 41.1 Å². The molecule has 0 atom stereocenters. The van der Waals surface area contributed by atoms with E-state index in [-0.39, 0.29) is 6.03 Å². The van der Waals surface area contributed by atoms with Crippen LogP contribution < -0.4 is 10.6 Å². The van der Waals surface area contributed by atoms with Crippen molar-refractivity contribution in [2.24, 2.45) is 0 Å². The molecule has 0 aromatic carbocycles. The second-order valence-electron chi connectivity index (χ2n) is 2.85. The summed E-state index contributed by atoms with van der Waals surface area (Å²) in [5.74, 6) is 2.89. The van der Waals surface area contributed by atoms with Crippen molar-refractivity contribution in [3.63, 3.8) is 0 Å². The fourth-order valence-corrected chi connectivity index (χ4v) is 1.10. The molecule has 66 valence electrons. The fraction of sp³-hybridized carbons (Fsp3) is 0.667. The fourth-order valence-electron chi connectivity index (χ4n) is 1.10. The summed E-state index contributed by atoms with van der Waals surface area (Å²) < 4.78 is 0. The van der Waals surface area contributed by atoms with Gasteiger partial charge in [-0.25, -0.2) is 4.79 Å². The van der Waals surface area contributed by atoms with Crippen LogP contribution in [0.4, 0.5) is 4.79 Å². The summed E-state index contributed by atoms with van der Waals surface area (Å²) in [5, 5.41) is 5.20. The monoisotopic (exact) mass is 166 g/mol. The van der Waals surface area contributed by atoms with Gasteiger partial charge in [0.25, 0.3) is 0 Å². The van der Waals surface area contributed by atoms with Crippen molar-refractivity contribution in [3.05, 3.63) is 0 Å². The summed E-state index contributed by atoms with van der Waals surface area (Å²) in [6.07, 6.45) is 5.49. The summed E-state index contributed by atoms with van der Waals surface area (Å²) in [5.41, 5.74) is 0. The van der Waals surface area contributed by atoms with Crippen LogP contribution in [0.5, 0.6) is 0 Å². The van der Waals surface area contributed by atoms with Crippen LogP contribution in [0, 0.1) is 12.0 Å². The Labute approximate surface area is 72.9 Å². The second-order valence-corrected chi connectivity index (χ2v) is 2.85. The van der Waals surface area contributed by atoms with Gasteiger partial charge in [-0.2, -0.15) is 0 Å². The number of carbonyl (C=O) groups excluding carboxylic acids is 1. The lowest BCUT2D eigenvalue weighted by Gasteiger charge is -2.01. The van der Waals surface area contributed by atoms with Crippen LogP contribution >= 0.6 is 0 Å². The Kier molecular flexibility index (Phi) is 4.07. The third-order valence-electron chi connectivity index (χ3n) is 1.78. The van der Waals surface area contributed by atoms with E-state index in [1.807, 2.05) is 0 Å². The van der Waals surface area contributed by atoms with Crippen molar-refractivity contribution >= 4 is 6.03 Å². The maximum absolute atomic E-state index is 10.9. The predicted molar refractivity (Wildman–Crippen MR) is 47.4 cm³/mol. The van der Waals surface area contributed by atoms with Gasteiger partial charge in [0.2, 0.25) is 0 Å². The molecule has 3 nitrogen and oxygen atoms in total. The van der Waals surface area contributed by atoms with Crippen molar-refractivity contribution < 1.29 is 4.79 Å². The molecule has 0 saturated heterocycles. The minimum Gasteiger partial charge on any atom is -0.337 e. The first kappa shape index (κ1) is 8.92. The molecule has 1 heterocycles. The third-order valence-corrected chi connectivity index (χ3v) is 1.78. The molecule has 12 heavy (non-hydrogen) atoms. The second kappa shape index (κ2) is 5.48. The highest BCUT2D eigenvalue weighted by Gasteiger charge is 1.96. The van der Waals surface area contributed by atoms with Gasteiger partial charge in [-0.05, 0) is 12.8 Å². The van der Waals surface area contributed by atoms with Crippen molar-refractivity contribution in [3.8, 4) is 12.0 Å². The van der Waals surface area contributed by atoms with E-state index in [4.69, 9.17) is 0 Å². The van der Waals surface area contributed by atoms with E-state index in [1.165, 1.54) is 12.8 Å². The standard InChI is InChI=1S/C9H14N2O/c12-9-10-7-5-3-1-2-4-6-8-11-9/h1-5,7H2,(H2,10,11,12). The molecule has 1 aliphatic heterocycles. The summed E-state index contributed by atoms with van der Waals surface area (Å²) in [6, 6.07) is 2.44. The van der Waals surface area contributed by atoms with Crippen LogP contribution in [0.1, 0.15) is 32.1 Å². The molecule has 0 saturated carbocycles. The highest BCUT2D eigenvalue weighted by Crippen LogP contribution is 2.01. The molecule has 1 aliphatic rings. The molecule has 0 radical (unpaired) electrons. The average Bonchev–Trinajstić information content (AvgIpc) is 2.11. The van der Waals surface area contributed by atoms with E-state index < -0.39 is 0 Å². The third kappa shape index (κ3) is 3.87. The SMILES string of the molecule is O=C1NC#CCCCCCCN1. The summed E-state index contributed by atoms with van der Waals surface area (Å²) in [6.45, 7) is 0.757. The molecule has 0 aliphatic carbocycles. The van der Waals surface area contributed by atoms with Gasteiger partial charge >= 0.3 is 6.03 Å². The van der Waals surface area contributed by atoms with Gasteiger partial charge in [0, 0.05) is 19.0 Å². The first-order valence-corrected chi connectivity index (χ1v) is 4.41. The van der Waals surface area contributed by atoms with Crippen LogP contribution in [-0.4, -0.2) is 12.6 Å². The van der Waals surface area contributed by atoms with Gasteiger partial charge in [0.1, 0.15) is 0 Å². The number of nitrogens with one attached hydrogen (secondary N) is 2. The zero-order valence-corrected chi connectivity index (χ0v) is 7.15. The summed E-state index contributed by atoms with van der Waals surface area (Å²) >= 11 is 0. The van der Waals surface area contributed by atoms with Crippen molar-refractivity contribution in [2.45, 2.75) is 32.1 Å². The maximum Gasteiger partial charge on any atom is 0.326 e. The Balaban J connectivity index is 2.32. The summed E-state index contributed by atoms with van der Waals surface area (Å²) in [7, 11) is 0. The molecule has 1 rings (SSSR count). The van der Waals surface area contributed by atoms with Crippen LogP contribution in [0.25, 0.3) is 0 Å². The minimum absolute atomic E-state index is 0.176. The van der Waals surface area contributed by atoms with E-state index in [2.05, 4.69) is 22.6 Å². The summed E-state index contributed by atoms with van der Waals surface area (Å²) in [4.78, 5) is 10.9. The number of hydrogen-bond donors (Lipinski definition) is 2. The lowest BCUT2D eigenvalue weighted by Crippen LogP contribution is -2.32. The van der Waals surface area contributed by atoms with Crippen molar-refractivity contribution in [1.29, 1.82) is 0 Å². The Bertz CT molecular complexity index is 202. The molecule has 0 spiro atoms. The molecular weight excluding hydrogens is 152 g/mol. The number of rotatable bonds is 0. The van der Waals surface area contributed by atoms with Gasteiger partial charge in [-0.3, -0.25) is 5.32 Å². The van der Waals surface area contributed by atoms with E-state index in [1.54, 1.807) is 0 Å². The Morgan fingerprint density at radius 1 is 1.17 bits per heavy atom. The molecular formula is C9H14N2O. The zero-order chi connectivity index (χ0) is 8.65. The lowest BCUT2D eigenvalue weighted by molar-refractivity contribution is 0.244. The van der Waals surface area contributed by atoms with E-state index in [0.29, 0.717) is 0 Å². The smallest absolute Gasteiger partial charge is 0.326 e. The van der Waals surface area contributed by atoms with Crippen LogP contribution in [0.2, 0.25) is 0 Å². The normalized spacial score (nSPS) is 19.2. The predicted octanol–water partition coefficient (Wildman–Crippen LogP) is 1.21.